The number of rotatable bonds is 9. The molecule has 3 aromatic rings. The van der Waals surface area contributed by atoms with E-state index in [4.69, 9.17) is 16.0 Å². The molecule has 8 heteroatoms. The van der Waals surface area contributed by atoms with Crippen LogP contribution in [0.2, 0.25) is 5.02 Å². The summed E-state index contributed by atoms with van der Waals surface area (Å²) >= 11 is 6.23. The van der Waals surface area contributed by atoms with E-state index in [-0.39, 0.29) is 44.0 Å². The fraction of sp³-hybridized carbons (Fsp3) is 0.321. The van der Waals surface area contributed by atoms with Gasteiger partial charge in [0.25, 0.3) is 5.91 Å². The zero-order chi connectivity index (χ0) is 25.7. The molecule has 7 nitrogen and oxygen atoms in total. The monoisotopic (exact) mass is 507 g/mol. The van der Waals surface area contributed by atoms with E-state index in [0.717, 1.165) is 24.8 Å². The highest BCUT2D eigenvalue weighted by atomic mass is 35.5. The molecular weight excluding hydrogens is 478 g/mol. The Hall–Kier alpha value is -3.58. The van der Waals surface area contributed by atoms with Crippen LogP contribution in [-0.4, -0.2) is 47.3 Å². The minimum absolute atomic E-state index is 0.0559. The van der Waals surface area contributed by atoms with Crippen molar-refractivity contribution in [2.45, 2.75) is 39.7 Å². The predicted molar refractivity (Wildman–Crippen MR) is 139 cm³/mol. The SMILES string of the molecule is CCCCc1ccc(C(=O)N(CC(=O)N2CC(=O)N(c3cccc(Cl)c3C)C2)Cc2ccco2)cc1. The summed E-state index contributed by atoms with van der Waals surface area (Å²) in [4.78, 5) is 43.9. The van der Waals surface area contributed by atoms with Crippen molar-refractivity contribution in [2.24, 2.45) is 0 Å². The number of nitrogens with zero attached hydrogens (tertiary/aromatic N) is 3. The van der Waals surface area contributed by atoms with Gasteiger partial charge in [0, 0.05) is 16.3 Å². The Morgan fingerprint density at radius 3 is 2.56 bits per heavy atom. The largest absolute Gasteiger partial charge is 0.467 e. The summed E-state index contributed by atoms with van der Waals surface area (Å²) in [6, 6.07) is 16.4. The van der Waals surface area contributed by atoms with Crippen LogP contribution in [0.5, 0.6) is 0 Å². The van der Waals surface area contributed by atoms with Gasteiger partial charge in [0.1, 0.15) is 25.5 Å². The lowest BCUT2D eigenvalue weighted by molar-refractivity contribution is -0.132. The number of benzene rings is 2. The van der Waals surface area contributed by atoms with Crippen molar-refractivity contribution in [1.82, 2.24) is 9.80 Å². The molecule has 188 valence electrons. The van der Waals surface area contributed by atoms with Gasteiger partial charge in [-0.05, 0) is 67.3 Å². The van der Waals surface area contributed by atoms with Crippen molar-refractivity contribution in [3.63, 3.8) is 0 Å². The molecule has 0 radical (unpaired) electrons. The number of halogens is 1. The third-order valence-electron chi connectivity index (χ3n) is 6.38. The highest BCUT2D eigenvalue weighted by Gasteiger charge is 2.34. The van der Waals surface area contributed by atoms with Crippen LogP contribution in [0.1, 0.15) is 47.0 Å². The zero-order valence-electron chi connectivity index (χ0n) is 20.6. The fourth-order valence-corrected chi connectivity index (χ4v) is 4.41. The van der Waals surface area contributed by atoms with Gasteiger partial charge in [0.2, 0.25) is 11.8 Å². The van der Waals surface area contributed by atoms with Crippen LogP contribution in [0.15, 0.2) is 65.3 Å². The number of hydrogen-bond donors (Lipinski definition) is 0. The van der Waals surface area contributed by atoms with Gasteiger partial charge in [-0.2, -0.15) is 0 Å². The Bertz CT molecular complexity index is 1220. The van der Waals surface area contributed by atoms with Gasteiger partial charge in [0.05, 0.1) is 12.8 Å². The van der Waals surface area contributed by atoms with E-state index in [2.05, 4.69) is 6.92 Å². The molecule has 0 N–H and O–H groups in total. The Balaban J connectivity index is 1.49. The molecule has 0 bridgehead atoms. The Morgan fingerprint density at radius 2 is 1.86 bits per heavy atom. The third-order valence-corrected chi connectivity index (χ3v) is 6.79. The van der Waals surface area contributed by atoms with Gasteiger partial charge in [0.15, 0.2) is 0 Å². The molecule has 0 spiro atoms. The number of anilines is 1. The molecule has 1 aromatic heterocycles. The summed E-state index contributed by atoms with van der Waals surface area (Å²) in [6.45, 7) is 4.01. The lowest BCUT2D eigenvalue weighted by atomic mass is 10.1. The van der Waals surface area contributed by atoms with Gasteiger partial charge in [-0.25, -0.2) is 0 Å². The first kappa shape index (κ1) is 25.5. The summed E-state index contributed by atoms with van der Waals surface area (Å²) in [7, 11) is 0. The van der Waals surface area contributed by atoms with Gasteiger partial charge in [-0.15, -0.1) is 0 Å². The predicted octanol–water partition coefficient (Wildman–Crippen LogP) is 5.06. The second-order valence-electron chi connectivity index (χ2n) is 8.98. The average Bonchev–Trinajstić information content (AvgIpc) is 3.53. The molecule has 1 fully saturated rings. The summed E-state index contributed by atoms with van der Waals surface area (Å²) in [5.74, 6) is -0.204. The molecule has 0 aliphatic carbocycles. The Labute approximate surface area is 216 Å². The van der Waals surface area contributed by atoms with Crippen molar-refractivity contribution in [3.05, 3.63) is 88.3 Å². The molecule has 2 aromatic carbocycles. The molecule has 1 saturated heterocycles. The number of hydrogen-bond acceptors (Lipinski definition) is 4. The van der Waals surface area contributed by atoms with Crippen molar-refractivity contribution in [3.8, 4) is 0 Å². The van der Waals surface area contributed by atoms with E-state index in [1.54, 1.807) is 41.3 Å². The van der Waals surface area contributed by atoms with Crippen molar-refractivity contribution >= 4 is 35.0 Å². The van der Waals surface area contributed by atoms with Gasteiger partial charge in [-0.1, -0.05) is 43.1 Å². The molecular formula is C28H30ClN3O4. The maximum atomic E-state index is 13.4. The van der Waals surface area contributed by atoms with E-state index in [9.17, 15) is 14.4 Å². The number of carbonyl (C=O) groups is 3. The number of carbonyl (C=O) groups excluding carboxylic acids is 3. The summed E-state index contributed by atoms with van der Waals surface area (Å²) in [5.41, 5.74) is 3.13. The Morgan fingerprint density at radius 1 is 1.08 bits per heavy atom. The standard InChI is InChI=1S/C28H30ClN3O4/c1-3-4-7-21-11-13-22(14-12-21)28(35)30(16-23-8-6-15-36-23)17-26(33)31-18-27(34)32(19-31)25-10-5-9-24(29)20(25)2/h5-6,8-15H,3-4,7,16-19H2,1-2H3. The number of amides is 3. The van der Waals surface area contributed by atoms with Gasteiger partial charge in [-0.3, -0.25) is 19.3 Å². The minimum Gasteiger partial charge on any atom is -0.467 e. The second-order valence-corrected chi connectivity index (χ2v) is 9.39. The average molecular weight is 508 g/mol. The van der Waals surface area contributed by atoms with E-state index < -0.39 is 0 Å². The molecule has 0 saturated carbocycles. The van der Waals surface area contributed by atoms with Crippen molar-refractivity contribution in [1.29, 1.82) is 0 Å². The van der Waals surface area contributed by atoms with E-state index in [1.165, 1.54) is 21.6 Å². The highest BCUT2D eigenvalue weighted by molar-refractivity contribution is 6.31. The molecule has 1 aliphatic heterocycles. The maximum absolute atomic E-state index is 13.4. The highest BCUT2D eigenvalue weighted by Crippen LogP contribution is 2.29. The molecule has 1 aliphatic rings. The van der Waals surface area contributed by atoms with Crippen LogP contribution in [0.25, 0.3) is 0 Å². The van der Waals surface area contributed by atoms with Crippen LogP contribution in [0.3, 0.4) is 0 Å². The number of aryl methyl sites for hydroxylation is 1. The van der Waals surface area contributed by atoms with Crippen molar-refractivity contribution < 1.29 is 18.8 Å². The van der Waals surface area contributed by atoms with Crippen LogP contribution in [0, 0.1) is 6.92 Å². The van der Waals surface area contributed by atoms with Crippen LogP contribution >= 0.6 is 11.6 Å². The lowest BCUT2D eigenvalue weighted by Gasteiger charge is -2.25. The van der Waals surface area contributed by atoms with E-state index in [1.807, 2.05) is 25.1 Å². The van der Waals surface area contributed by atoms with E-state index in [0.29, 0.717) is 22.0 Å². The molecule has 2 heterocycles. The van der Waals surface area contributed by atoms with Crippen LogP contribution in [0.4, 0.5) is 5.69 Å². The van der Waals surface area contributed by atoms with Crippen LogP contribution < -0.4 is 4.90 Å². The molecule has 36 heavy (non-hydrogen) atoms. The topological polar surface area (TPSA) is 74.1 Å². The first-order valence-electron chi connectivity index (χ1n) is 12.1. The van der Waals surface area contributed by atoms with Gasteiger partial charge < -0.3 is 14.2 Å². The normalized spacial score (nSPS) is 13.4. The second kappa shape index (κ2) is 11.4. The fourth-order valence-electron chi connectivity index (χ4n) is 4.25. The van der Waals surface area contributed by atoms with Crippen LogP contribution in [-0.2, 0) is 22.6 Å². The number of unbranched alkanes of at least 4 members (excludes halogenated alkanes) is 1. The Kier molecular flexibility index (Phi) is 8.10. The lowest BCUT2D eigenvalue weighted by Crippen LogP contribution is -2.42. The minimum atomic E-state index is -0.315. The van der Waals surface area contributed by atoms with E-state index >= 15 is 0 Å². The molecule has 4 rings (SSSR count). The smallest absolute Gasteiger partial charge is 0.254 e. The third kappa shape index (κ3) is 5.79. The quantitative estimate of drug-likeness (QED) is 0.406. The summed E-state index contributed by atoms with van der Waals surface area (Å²) in [5, 5.41) is 0.556. The zero-order valence-corrected chi connectivity index (χ0v) is 21.3. The number of furan rings is 1. The first-order chi connectivity index (χ1) is 17.4. The summed E-state index contributed by atoms with van der Waals surface area (Å²) < 4.78 is 5.44. The van der Waals surface area contributed by atoms with Gasteiger partial charge >= 0.3 is 0 Å². The summed E-state index contributed by atoms with van der Waals surface area (Å²) in [6.07, 6.45) is 4.69. The molecule has 3 amide bonds. The first-order valence-corrected chi connectivity index (χ1v) is 12.5. The molecule has 0 atom stereocenters. The molecule has 0 unspecified atom stereocenters. The maximum Gasteiger partial charge on any atom is 0.254 e. The van der Waals surface area contributed by atoms with Crippen molar-refractivity contribution in [2.75, 3.05) is 24.7 Å².